The first-order chi connectivity index (χ1) is 17.3. The van der Waals surface area contributed by atoms with Crippen LogP contribution in [0.4, 0.5) is 0 Å². The number of hydrogen-bond acceptors (Lipinski definition) is 4. The SMILES string of the molecule is CC(CNCCO)[C@@H]1CC[C@]2(C(=O)O)CC[C@]3(C)C(CCC4[C@@]5(C)CC[C@@H](O)C(C)(C)C5CC[C@]43C)C12. The molecule has 0 aromatic carbocycles. The van der Waals surface area contributed by atoms with Gasteiger partial charge in [-0.1, -0.05) is 41.5 Å². The van der Waals surface area contributed by atoms with Crippen LogP contribution in [-0.2, 0) is 4.79 Å². The first kappa shape index (κ1) is 27.9. The van der Waals surface area contributed by atoms with Crippen molar-refractivity contribution in [2.45, 2.75) is 112 Å². The molecule has 11 atom stereocenters. The minimum absolute atomic E-state index is 0.0370. The van der Waals surface area contributed by atoms with Crippen LogP contribution >= 0.6 is 0 Å². The van der Waals surface area contributed by atoms with E-state index in [-0.39, 0.29) is 40.3 Å². The van der Waals surface area contributed by atoms with E-state index in [1.165, 1.54) is 19.3 Å². The van der Waals surface area contributed by atoms with Gasteiger partial charge in [-0.2, -0.15) is 0 Å². The highest BCUT2D eigenvalue weighted by Gasteiger charge is 2.72. The van der Waals surface area contributed by atoms with Gasteiger partial charge in [-0.15, -0.1) is 0 Å². The normalized spacial score (nSPS) is 51.4. The Bertz CT molecular complexity index is 890. The van der Waals surface area contributed by atoms with Gasteiger partial charge in [-0.3, -0.25) is 4.79 Å². The molecule has 0 aromatic heterocycles. The smallest absolute Gasteiger partial charge is 0.309 e. The maximum absolute atomic E-state index is 13.0. The summed E-state index contributed by atoms with van der Waals surface area (Å²) in [7, 11) is 0. The van der Waals surface area contributed by atoms with Crippen LogP contribution in [0.15, 0.2) is 0 Å². The van der Waals surface area contributed by atoms with E-state index >= 15 is 0 Å². The van der Waals surface area contributed by atoms with E-state index in [1.54, 1.807) is 0 Å². The molecule has 0 amide bonds. The van der Waals surface area contributed by atoms with E-state index in [1.807, 2.05) is 0 Å². The second-order valence-electron chi connectivity index (χ2n) is 15.6. The van der Waals surface area contributed by atoms with Gasteiger partial charge < -0.3 is 20.6 Å². The fourth-order valence-electron chi connectivity index (χ4n) is 12.2. The zero-order valence-electron chi connectivity index (χ0n) is 24.5. The van der Waals surface area contributed by atoms with Crippen LogP contribution < -0.4 is 5.32 Å². The molecular weight excluding hydrogens is 462 g/mol. The summed E-state index contributed by atoms with van der Waals surface area (Å²) in [5.74, 6) is 2.23. The number of hydrogen-bond donors (Lipinski definition) is 4. The zero-order chi connectivity index (χ0) is 27.0. The van der Waals surface area contributed by atoms with E-state index < -0.39 is 11.4 Å². The van der Waals surface area contributed by atoms with E-state index in [4.69, 9.17) is 0 Å². The third-order valence-electron chi connectivity index (χ3n) is 14.4. The van der Waals surface area contributed by atoms with Gasteiger partial charge >= 0.3 is 5.97 Å². The highest BCUT2D eigenvalue weighted by Crippen LogP contribution is 2.77. The van der Waals surface area contributed by atoms with Crippen LogP contribution in [0, 0.1) is 62.6 Å². The van der Waals surface area contributed by atoms with Crippen LogP contribution in [0.1, 0.15) is 106 Å². The van der Waals surface area contributed by atoms with E-state index in [9.17, 15) is 20.1 Å². The Kier molecular flexibility index (Phi) is 6.93. The minimum atomic E-state index is -0.554. The summed E-state index contributed by atoms with van der Waals surface area (Å²) in [5.41, 5.74) is 0.0396. The molecule has 5 heteroatoms. The van der Waals surface area contributed by atoms with Crippen molar-refractivity contribution in [1.29, 1.82) is 0 Å². The van der Waals surface area contributed by atoms with E-state index in [0.717, 1.165) is 51.5 Å². The molecule has 5 saturated carbocycles. The molecule has 0 spiro atoms. The molecule has 37 heavy (non-hydrogen) atoms. The molecule has 5 aliphatic rings. The van der Waals surface area contributed by atoms with Gasteiger partial charge in [-0.25, -0.2) is 0 Å². The van der Waals surface area contributed by atoms with Crippen molar-refractivity contribution >= 4 is 5.97 Å². The maximum atomic E-state index is 13.0. The number of carbonyl (C=O) groups is 1. The first-order valence-corrected chi connectivity index (χ1v) is 15.5. The van der Waals surface area contributed by atoms with Crippen molar-refractivity contribution < 1.29 is 20.1 Å². The molecule has 0 aromatic rings. The van der Waals surface area contributed by atoms with Crippen molar-refractivity contribution in [2.75, 3.05) is 19.7 Å². The number of aliphatic hydroxyl groups excluding tert-OH is 2. The molecular formula is C32H55NO4. The summed E-state index contributed by atoms with van der Waals surface area (Å²) >= 11 is 0. The largest absolute Gasteiger partial charge is 0.481 e. The monoisotopic (exact) mass is 517 g/mol. The fraction of sp³-hybridized carbons (Fsp3) is 0.969. The number of carboxylic acids is 1. The minimum Gasteiger partial charge on any atom is -0.481 e. The van der Waals surface area contributed by atoms with Crippen LogP contribution in [0.5, 0.6) is 0 Å². The summed E-state index contributed by atoms with van der Waals surface area (Å²) in [6.07, 6.45) is 10.4. The molecule has 4 N–H and O–H groups in total. The van der Waals surface area contributed by atoms with Crippen LogP contribution in [0.25, 0.3) is 0 Å². The molecule has 5 aliphatic carbocycles. The average molecular weight is 518 g/mol. The lowest BCUT2D eigenvalue weighted by molar-refractivity contribution is -0.249. The molecule has 0 aliphatic heterocycles. The first-order valence-electron chi connectivity index (χ1n) is 15.5. The fourth-order valence-corrected chi connectivity index (χ4v) is 12.2. The zero-order valence-corrected chi connectivity index (χ0v) is 24.5. The summed E-state index contributed by atoms with van der Waals surface area (Å²) in [5, 5.41) is 34.3. The number of nitrogens with one attached hydrogen (secondary N) is 1. The van der Waals surface area contributed by atoms with E-state index in [0.29, 0.717) is 36.1 Å². The van der Waals surface area contributed by atoms with Crippen molar-refractivity contribution in [3.8, 4) is 0 Å². The van der Waals surface area contributed by atoms with Gasteiger partial charge in [0.1, 0.15) is 0 Å². The Balaban J connectivity index is 1.50. The third kappa shape index (κ3) is 3.68. The standard InChI is InChI=1S/C32H55NO4/c1-20(19-33-17-18-34)21-9-14-32(27(36)37)16-15-30(5)22(26(21)32)7-8-24-29(4)12-11-25(35)28(2,3)23(29)10-13-31(24,30)6/h20-26,33-35H,7-19H2,1-6H3,(H,36,37)/t20?,21-,22?,23?,24?,25+,26?,29-,30+,31+,32-/m0/s1. The quantitative estimate of drug-likeness (QED) is 0.338. The van der Waals surface area contributed by atoms with Gasteiger partial charge in [0.25, 0.3) is 0 Å². The number of aliphatic carboxylic acids is 1. The molecule has 0 heterocycles. The average Bonchev–Trinajstić information content (AvgIpc) is 3.23. The molecule has 0 radical (unpaired) electrons. The molecule has 212 valence electrons. The van der Waals surface area contributed by atoms with Crippen molar-refractivity contribution in [3.63, 3.8) is 0 Å². The topological polar surface area (TPSA) is 89.8 Å². The van der Waals surface area contributed by atoms with Crippen molar-refractivity contribution in [2.24, 2.45) is 62.6 Å². The second-order valence-corrected chi connectivity index (χ2v) is 15.6. The molecule has 5 fully saturated rings. The molecule has 5 rings (SSSR count). The number of rotatable bonds is 6. The maximum Gasteiger partial charge on any atom is 0.309 e. The van der Waals surface area contributed by atoms with Gasteiger partial charge in [0.2, 0.25) is 0 Å². The highest BCUT2D eigenvalue weighted by molar-refractivity contribution is 5.76. The Hall–Kier alpha value is -0.650. The van der Waals surface area contributed by atoms with Crippen LogP contribution in [0.3, 0.4) is 0 Å². The summed E-state index contributed by atoms with van der Waals surface area (Å²) in [6.45, 7) is 16.3. The third-order valence-corrected chi connectivity index (χ3v) is 14.4. The lowest BCUT2D eigenvalue weighted by Crippen LogP contribution is -2.67. The number of fused-ring (bicyclic) bond motifs is 7. The Labute approximate surface area is 225 Å². The van der Waals surface area contributed by atoms with E-state index in [2.05, 4.69) is 46.9 Å². The molecule has 0 bridgehead atoms. The Morgan fingerprint density at radius 3 is 2.30 bits per heavy atom. The Morgan fingerprint density at radius 2 is 1.62 bits per heavy atom. The summed E-state index contributed by atoms with van der Waals surface area (Å²) in [6, 6.07) is 0. The summed E-state index contributed by atoms with van der Waals surface area (Å²) < 4.78 is 0. The lowest BCUT2D eigenvalue weighted by atomic mass is 9.32. The van der Waals surface area contributed by atoms with Gasteiger partial charge in [0.15, 0.2) is 0 Å². The van der Waals surface area contributed by atoms with Crippen LogP contribution in [-0.4, -0.2) is 47.1 Å². The molecule has 5 unspecified atom stereocenters. The number of aliphatic hydroxyl groups is 2. The van der Waals surface area contributed by atoms with Crippen LogP contribution in [0.2, 0.25) is 0 Å². The number of carboxylic acid groups (broad SMARTS) is 1. The Morgan fingerprint density at radius 1 is 0.892 bits per heavy atom. The lowest BCUT2D eigenvalue weighted by Gasteiger charge is -2.72. The van der Waals surface area contributed by atoms with Crippen molar-refractivity contribution in [3.05, 3.63) is 0 Å². The predicted molar refractivity (Wildman–Crippen MR) is 147 cm³/mol. The molecule has 5 nitrogen and oxygen atoms in total. The second kappa shape index (κ2) is 9.20. The molecule has 0 saturated heterocycles. The van der Waals surface area contributed by atoms with Gasteiger partial charge in [-0.05, 0) is 128 Å². The van der Waals surface area contributed by atoms with Gasteiger partial charge in [0.05, 0.1) is 18.1 Å². The predicted octanol–water partition coefficient (Wildman–Crippen LogP) is 5.73. The highest BCUT2D eigenvalue weighted by atomic mass is 16.4. The van der Waals surface area contributed by atoms with Crippen molar-refractivity contribution in [1.82, 2.24) is 5.32 Å². The summed E-state index contributed by atoms with van der Waals surface area (Å²) in [4.78, 5) is 13.0. The van der Waals surface area contributed by atoms with Gasteiger partial charge in [0, 0.05) is 6.54 Å².